The third-order valence-corrected chi connectivity index (χ3v) is 4.17. The second-order valence-electron chi connectivity index (χ2n) is 5.43. The first-order valence-corrected chi connectivity index (χ1v) is 8.25. The maximum atomic E-state index is 12.5. The van der Waals surface area contributed by atoms with Crippen LogP contribution in [0.15, 0.2) is 60.8 Å². The summed E-state index contributed by atoms with van der Waals surface area (Å²) in [4.78, 5) is 15.7. The van der Waals surface area contributed by atoms with Crippen molar-refractivity contribution in [2.75, 3.05) is 5.88 Å². The van der Waals surface area contributed by atoms with E-state index in [-0.39, 0.29) is 5.78 Å². The van der Waals surface area contributed by atoms with Gasteiger partial charge in [-0.15, -0.1) is 11.6 Å². The second-order valence-corrected chi connectivity index (χ2v) is 5.81. The molecule has 0 unspecified atom stereocenters. The Labute approximate surface area is 140 Å². The van der Waals surface area contributed by atoms with E-state index < -0.39 is 0 Å². The van der Waals surface area contributed by atoms with Gasteiger partial charge in [-0.05, 0) is 42.2 Å². The molecule has 2 nitrogen and oxygen atoms in total. The number of aromatic nitrogens is 1. The number of ketones is 1. The van der Waals surface area contributed by atoms with Crippen LogP contribution in [0.3, 0.4) is 0 Å². The van der Waals surface area contributed by atoms with E-state index in [9.17, 15) is 4.79 Å². The van der Waals surface area contributed by atoms with Gasteiger partial charge in [-0.2, -0.15) is 0 Å². The van der Waals surface area contributed by atoms with Crippen LogP contribution in [-0.2, 0) is 6.42 Å². The van der Waals surface area contributed by atoms with Gasteiger partial charge in [0.2, 0.25) is 0 Å². The normalized spacial score (nSPS) is 11.3. The van der Waals surface area contributed by atoms with E-state index in [1.807, 2.05) is 60.8 Å². The third-order valence-electron chi connectivity index (χ3n) is 3.91. The molecule has 2 aromatic carbocycles. The molecule has 0 bridgehead atoms. The molecule has 0 aliphatic carbocycles. The molecule has 0 saturated carbocycles. The first kappa shape index (κ1) is 15.6. The van der Waals surface area contributed by atoms with Gasteiger partial charge >= 0.3 is 0 Å². The Morgan fingerprint density at radius 2 is 1.96 bits per heavy atom. The summed E-state index contributed by atoms with van der Waals surface area (Å²) in [5.41, 5.74) is 3.93. The SMILES string of the molecule is O=C(C=Cc1cccc2[nH]ccc12)c1ccccc1CCCCl. The Balaban J connectivity index is 1.86. The predicted molar refractivity (Wildman–Crippen MR) is 97.1 cm³/mol. The molecular formula is C20H18ClNO. The van der Waals surface area contributed by atoms with Crippen LogP contribution in [0, 0.1) is 0 Å². The minimum atomic E-state index is 0.0303. The summed E-state index contributed by atoms with van der Waals surface area (Å²) in [6, 6.07) is 15.8. The van der Waals surface area contributed by atoms with Crippen LogP contribution < -0.4 is 0 Å². The zero-order valence-corrected chi connectivity index (χ0v) is 13.5. The zero-order chi connectivity index (χ0) is 16.1. The van der Waals surface area contributed by atoms with Crippen molar-refractivity contribution in [1.82, 2.24) is 4.98 Å². The average molecular weight is 324 g/mol. The van der Waals surface area contributed by atoms with Crippen LogP contribution in [0.5, 0.6) is 0 Å². The number of aromatic amines is 1. The van der Waals surface area contributed by atoms with Crippen molar-refractivity contribution < 1.29 is 4.79 Å². The quantitative estimate of drug-likeness (QED) is 0.376. The van der Waals surface area contributed by atoms with Crippen LogP contribution in [0.2, 0.25) is 0 Å². The summed E-state index contributed by atoms with van der Waals surface area (Å²) < 4.78 is 0. The molecule has 116 valence electrons. The molecule has 3 heteroatoms. The molecule has 1 heterocycles. The number of carbonyl (C=O) groups is 1. The molecule has 0 fully saturated rings. The fourth-order valence-corrected chi connectivity index (χ4v) is 2.88. The van der Waals surface area contributed by atoms with Gasteiger partial charge in [-0.1, -0.05) is 42.5 Å². The minimum Gasteiger partial charge on any atom is -0.361 e. The van der Waals surface area contributed by atoms with Crippen LogP contribution in [0.4, 0.5) is 0 Å². The van der Waals surface area contributed by atoms with Gasteiger partial charge in [0.1, 0.15) is 0 Å². The van der Waals surface area contributed by atoms with Crippen molar-refractivity contribution in [2.45, 2.75) is 12.8 Å². The Kier molecular flexibility index (Phi) is 4.94. The Hall–Kier alpha value is -2.32. The number of alkyl halides is 1. The largest absolute Gasteiger partial charge is 0.361 e. The number of hydrogen-bond donors (Lipinski definition) is 1. The lowest BCUT2D eigenvalue weighted by atomic mass is 9.99. The van der Waals surface area contributed by atoms with Gasteiger partial charge in [0.05, 0.1) is 0 Å². The summed E-state index contributed by atoms with van der Waals surface area (Å²) in [5, 5.41) is 1.12. The Morgan fingerprint density at radius 1 is 1.09 bits per heavy atom. The molecule has 0 saturated heterocycles. The van der Waals surface area contributed by atoms with E-state index in [0.29, 0.717) is 5.88 Å². The number of allylic oxidation sites excluding steroid dienone is 1. The number of carbonyl (C=O) groups excluding carboxylic acids is 1. The fraction of sp³-hybridized carbons (Fsp3) is 0.150. The topological polar surface area (TPSA) is 32.9 Å². The average Bonchev–Trinajstić information content (AvgIpc) is 3.07. The Bertz CT molecular complexity index is 847. The molecular weight excluding hydrogens is 306 g/mol. The molecule has 1 aromatic heterocycles. The lowest BCUT2D eigenvalue weighted by molar-refractivity contribution is 0.104. The summed E-state index contributed by atoms with van der Waals surface area (Å²) in [5.74, 6) is 0.635. The molecule has 0 radical (unpaired) electrons. The number of H-pyrrole nitrogens is 1. The lowest BCUT2D eigenvalue weighted by Crippen LogP contribution is -2.01. The van der Waals surface area contributed by atoms with Crippen LogP contribution in [-0.4, -0.2) is 16.6 Å². The highest BCUT2D eigenvalue weighted by molar-refractivity contribution is 6.17. The highest BCUT2D eigenvalue weighted by atomic mass is 35.5. The summed E-state index contributed by atoms with van der Waals surface area (Å²) >= 11 is 5.77. The van der Waals surface area contributed by atoms with Crippen molar-refractivity contribution in [3.05, 3.63) is 77.5 Å². The first-order chi connectivity index (χ1) is 11.3. The molecule has 1 N–H and O–H groups in total. The number of halogens is 1. The molecule has 23 heavy (non-hydrogen) atoms. The monoisotopic (exact) mass is 323 g/mol. The maximum Gasteiger partial charge on any atom is 0.186 e. The minimum absolute atomic E-state index is 0.0303. The molecule has 0 spiro atoms. The number of hydrogen-bond acceptors (Lipinski definition) is 1. The van der Waals surface area contributed by atoms with Crippen molar-refractivity contribution in [2.24, 2.45) is 0 Å². The van der Waals surface area contributed by atoms with E-state index >= 15 is 0 Å². The fourth-order valence-electron chi connectivity index (χ4n) is 2.75. The standard InChI is InChI=1S/C20H18ClNO/c21-13-4-7-15-5-1-2-8-18(15)20(23)11-10-16-6-3-9-19-17(16)12-14-22-19/h1-3,5-6,8-12,14,22H,4,7,13H2. The number of rotatable bonds is 6. The number of aryl methyl sites for hydroxylation is 1. The molecule has 0 aliphatic rings. The van der Waals surface area contributed by atoms with E-state index in [1.54, 1.807) is 6.08 Å². The summed E-state index contributed by atoms with van der Waals surface area (Å²) in [6.07, 6.45) is 7.15. The van der Waals surface area contributed by atoms with Gasteiger partial charge in [0.15, 0.2) is 5.78 Å². The van der Waals surface area contributed by atoms with Crippen molar-refractivity contribution in [1.29, 1.82) is 0 Å². The highest BCUT2D eigenvalue weighted by Crippen LogP contribution is 2.19. The van der Waals surface area contributed by atoms with E-state index in [2.05, 4.69) is 4.98 Å². The van der Waals surface area contributed by atoms with E-state index in [1.165, 1.54) is 0 Å². The van der Waals surface area contributed by atoms with Crippen LogP contribution >= 0.6 is 11.6 Å². The number of nitrogens with one attached hydrogen (secondary N) is 1. The van der Waals surface area contributed by atoms with Gasteiger partial charge in [0, 0.05) is 28.5 Å². The number of fused-ring (bicyclic) bond motifs is 1. The smallest absolute Gasteiger partial charge is 0.186 e. The summed E-state index contributed by atoms with van der Waals surface area (Å²) in [7, 11) is 0. The van der Waals surface area contributed by atoms with Gasteiger partial charge in [-0.25, -0.2) is 0 Å². The molecule has 0 amide bonds. The highest BCUT2D eigenvalue weighted by Gasteiger charge is 2.08. The molecule has 0 atom stereocenters. The van der Waals surface area contributed by atoms with Crippen molar-refractivity contribution >= 4 is 34.4 Å². The first-order valence-electron chi connectivity index (χ1n) is 7.72. The zero-order valence-electron chi connectivity index (χ0n) is 12.8. The van der Waals surface area contributed by atoms with Gasteiger partial charge in [0.25, 0.3) is 0 Å². The van der Waals surface area contributed by atoms with Crippen LogP contribution in [0.1, 0.15) is 27.9 Å². The maximum absolute atomic E-state index is 12.5. The van der Waals surface area contributed by atoms with Crippen molar-refractivity contribution in [3.63, 3.8) is 0 Å². The third kappa shape index (κ3) is 3.54. The lowest BCUT2D eigenvalue weighted by Gasteiger charge is -2.05. The van der Waals surface area contributed by atoms with E-state index in [0.717, 1.165) is 40.4 Å². The van der Waals surface area contributed by atoms with Crippen molar-refractivity contribution in [3.8, 4) is 0 Å². The Morgan fingerprint density at radius 3 is 2.83 bits per heavy atom. The summed E-state index contributed by atoms with van der Waals surface area (Å²) in [6.45, 7) is 0. The second kappa shape index (κ2) is 7.30. The predicted octanol–water partition coefficient (Wildman–Crippen LogP) is 5.24. The molecule has 3 rings (SSSR count). The number of benzene rings is 2. The van der Waals surface area contributed by atoms with Gasteiger partial charge < -0.3 is 4.98 Å². The van der Waals surface area contributed by atoms with Crippen LogP contribution in [0.25, 0.3) is 17.0 Å². The molecule has 3 aromatic rings. The van der Waals surface area contributed by atoms with E-state index in [4.69, 9.17) is 11.6 Å². The van der Waals surface area contributed by atoms with Gasteiger partial charge in [-0.3, -0.25) is 4.79 Å². The molecule has 0 aliphatic heterocycles.